The fourth-order valence-corrected chi connectivity index (χ4v) is 5.41. The van der Waals surface area contributed by atoms with Crippen molar-refractivity contribution >= 4 is 28.8 Å². The van der Waals surface area contributed by atoms with Gasteiger partial charge in [-0.1, -0.05) is 41.9 Å². The van der Waals surface area contributed by atoms with Crippen molar-refractivity contribution in [3.05, 3.63) is 93.6 Å². The predicted octanol–water partition coefficient (Wildman–Crippen LogP) is 7.27. The minimum atomic E-state index is -1.55. The molecule has 0 fully saturated rings. The number of nitrogens with zero attached hydrogens (tertiary/aromatic N) is 1. The molecule has 2 heterocycles. The highest BCUT2D eigenvalue weighted by Gasteiger charge is 2.37. The maximum atomic E-state index is 15.7. The maximum Gasteiger partial charge on any atom is 0.150 e. The highest BCUT2D eigenvalue weighted by molar-refractivity contribution is 6.33. The third-order valence-electron chi connectivity index (χ3n) is 6.51. The second-order valence-corrected chi connectivity index (χ2v) is 10.0. The summed E-state index contributed by atoms with van der Waals surface area (Å²) in [5, 5.41) is 1.23. The van der Waals surface area contributed by atoms with E-state index >= 15 is 8.78 Å². The third-order valence-corrected chi connectivity index (χ3v) is 6.82. The molecule has 1 N–H and O–H groups in total. The average Bonchev–Trinajstić information content (AvgIpc) is 3.17. The van der Waals surface area contributed by atoms with Crippen molar-refractivity contribution in [3.63, 3.8) is 0 Å². The van der Waals surface area contributed by atoms with Crippen molar-refractivity contribution in [2.75, 3.05) is 13.1 Å². The molecule has 0 spiro atoms. The Morgan fingerprint density at radius 2 is 1.83 bits per heavy atom. The number of H-pyrrole nitrogens is 1. The molecule has 0 bridgehead atoms. The van der Waals surface area contributed by atoms with Gasteiger partial charge in [0.25, 0.3) is 0 Å². The number of fused-ring (bicyclic) bond motifs is 3. The zero-order valence-corrected chi connectivity index (χ0v) is 20.1. The molecule has 1 unspecified atom stereocenters. The number of para-hydroxylation sites is 1. The van der Waals surface area contributed by atoms with Gasteiger partial charge in [-0.3, -0.25) is 9.69 Å². The van der Waals surface area contributed by atoms with Crippen LogP contribution in [0.5, 0.6) is 0 Å². The van der Waals surface area contributed by atoms with E-state index in [0.717, 1.165) is 16.5 Å². The van der Waals surface area contributed by atoms with Crippen LogP contribution in [0, 0.1) is 11.6 Å². The molecular weight excluding hydrogens is 473 g/mol. The highest BCUT2D eigenvalue weighted by atomic mass is 35.5. The molecule has 7 heteroatoms. The molecule has 1 aliphatic heterocycles. The molecule has 4 aromatic rings. The van der Waals surface area contributed by atoms with E-state index in [4.69, 9.17) is 11.6 Å². The summed E-state index contributed by atoms with van der Waals surface area (Å²) < 4.78 is 46.2. The Bertz CT molecular complexity index is 1420. The van der Waals surface area contributed by atoms with Crippen LogP contribution in [0.2, 0.25) is 5.02 Å². The standard InChI is InChI=1S/C28H24ClF3N2O/c1-28(2,32)15-34-10-9-20-19-5-3-4-6-24(19)33-26(20)27(34)25-22(30)12-17(13-23(25)31)18-8-7-16(14-35)11-21(18)29/h3-8,11-14,27,33H,9-10,15H2,1-2H3. The van der Waals surface area contributed by atoms with Gasteiger partial charge in [0.15, 0.2) is 0 Å². The predicted molar refractivity (Wildman–Crippen MR) is 133 cm³/mol. The van der Waals surface area contributed by atoms with Gasteiger partial charge >= 0.3 is 0 Å². The van der Waals surface area contributed by atoms with Crippen LogP contribution in [0.15, 0.2) is 54.6 Å². The summed E-state index contributed by atoms with van der Waals surface area (Å²) in [7, 11) is 0. The fourth-order valence-electron chi connectivity index (χ4n) is 5.11. The van der Waals surface area contributed by atoms with Crippen LogP contribution >= 0.6 is 11.6 Å². The van der Waals surface area contributed by atoms with Gasteiger partial charge in [0.2, 0.25) is 0 Å². The SMILES string of the molecule is CC(C)(F)CN1CCc2c([nH]c3ccccc23)C1c1c(F)cc(-c2ccc(C=O)cc2Cl)cc1F. The lowest BCUT2D eigenvalue weighted by atomic mass is 9.89. The van der Waals surface area contributed by atoms with Crippen LogP contribution in [-0.4, -0.2) is 34.9 Å². The van der Waals surface area contributed by atoms with Gasteiger partial charge in [-0.25, -0.2) is 13.2 Å². The van der Waals surface area contributed by atoms with E-state index in [0.29, 0.717) is 36.1 Å². The van der Waals surface area contributed by atoms with Crippen LogP contribution in [0.3, 0.4) is 0 Å². The zero-order valence-electron chi connectivity index (χ0n) is 19.3. The first-order chi connectivity index (χ1) is 16.7. The summed E-state index contributed by atoms with van der Waals surface area (Å²) >= 11 is 6.29. The monoisotopic (exact) mass is 496 g/mol. The molecule has 3 nitrogen and oxygen atoms in total. The van der Waals surface area contributed by atoms with E-state index in [1.807, 2.05) is 24.3 Å². The number of carbonyl (C=O) groups is 1. The number of aldehydes is 1. The lowest BCUT2D eigenvalue weighted by molar-refractivity contribution is 0.0963. The smallest absolute Gasteiger partial charge is 0.150 e. The number of halogens is 4. The summed E-state index contributed by atoms with van der Waals surface area (Å²) in [6.07, 6.45) is 1.30. The summed E-state index contributed by atoms with van der Waals surface area (Å²) in [5.41, 5.74) is 1.91. The molecule has 0 aliphatic carbocycles. The summed E-state index contributed by atoms with van der Waals surface area (Å²) in [6, 6.07) is 14.0. The Balaban J connectivity index is 1.66. The molecule has 1 atom stereocenters. The number of carbonyl (C=O) groups excluding carboxylic acids is 1. The maximum absolute atomic E-state index is 15.7. The number of alkyl halides is 1. The largest absolute Gasteiger partial charge is 0.357 e. The molecule has 180 valence electrons. The minimum Gasteiger partial charge on any atom is -0.357 e. The van der Waals surface area contributed by atoms with Gasteiger partial charge in [0, 0.05) is 51.4 Å². The second kappa shape index (κ2) is 8.85. The van der Waals surface area contributed by atoms with Crippen molar-refractivity contribution in [1.82, 2.24) is 9.88 Å². The first-order valence-electron chi connectivity index (χ1n) is 11.4. The van der Waals surface area contributed by atoms with Gasteiger partial charge < -0.3 is 4.98 Å². The minimum absolute atomic E-state index is 0.0199. The topological polar surface area (TPSA) is 36.1 Å². The van der Waals surface area contributed by atoms with Crippen molar-refractivity contribution in [2.24, 2.45) is 0 Å². The fraction of sp³-hybridized carbons (Fsp3) is 0.250. The van der Waals surface area contributed by atoms with Crippen LogP contribution in [0.4, 0.5) is 13.2 Å². The van der Waals surface area contributed by atoms with Gasteiger partial charge in [-0.2, -0.15) is 0 Å². The van der Waals surface area contributed by atoms with Crippen molar-refractivity contribution < 1.29 is 18.0 Å². The average molecular weight is 497 g/mol. The van der Waals surface area contributed by atoms with Crippen molar-refractivity contribution in [3.8, 4) is 11.1 Å². The van der Waals surface area contributed by atoms with Crippen LogP contribution < -0.4 is 0 Å². The lowest BCUT2D eigenvalue weighted by Crippen LogP contribution is -2.43. The second-order valence-electron chi connectivity index (χ2n) is 9.62. The van der Waals surface area contributed by atoms with Crippen molar-refractivity contribution in [1.29, 1.82) is 0 Å². The third kappa shape index (κ3) is 4.37. The Labute approximate surface area is 206 Å². The Kier molecular flexibility index (Phi) is 5.98. The van der Waals surface area contributed by atoms with Gasteiger partial charge in [-0.05, 0) is 55.7 Å². The molecule has 0 amide bonds. The first kappa shape index (κ1) is 23.6. The molecule has 1 aromatic heterocycles. The molecular formula is C28H24ClF3N2O. The van der Waals surface area contributed by atoms with Crippen LogP contribution in [0.25, 0.3) is 22.0 Å². The van der Waals surface area contributed by atoms with E-state index in [1.54, 1.807) is 17.0 Å². The summed E-state index contributed by atoms with van der Waals surface area (Å²) in [4.78, 5) is 16.2. The lowest BCUT2D eigenvalue weighted by Gasteiger charge is -2.38. The Morgan fingerprint density at radius 1 is 1.11 bits per heavy atom. The quantitative estimate of drug-likeness (QED) is 0.295. The van der Waals surface area contributed by atoms with Crippen LogP contribution in [0.1, 0.15) is 47.1 Å². The number of hydrogen-bond donors (Lipinski definition) is 1. The van der Waals surface area contributed by atoms with Crippen molar-refractivity contribution in [2.45, 2.75) is 32.0 Å². The number of aromatic nitrogens is 1. The number of benzene rings is 3. The van der Waals surface area contributed by atoms with E-state index in [2.05, 4.69) is 4.98 Å². The molecule has 35 heavy (non-hydrogen) atoms. The zero-order chi connectivity index (χ0) is 24.9. The van der Waals surface area contributed by atoms with Gasteiger partial charge in [0.1, 0.15) is 23.6 Å². The highest BCUT2D eigenvalue weighted by Crippen LogP contribution is 2.42. The number of rotatable bonds is 5. The molecule has 0 saturated carbocycles. The molecule has 0 saturated heterocycles. The summed E-state index contributed by atoms with van der Waals surface area (Å²) in [6.45, 7) is 3.41. The van der Waals surface area contributed by atoms with Crippen LogP contribution in [-0.2, 0) is 6.42 Å². The Hall–Kier alpha value is -3.09. The van der Waals surface area contributed by atoms with E-state index in [1.165, 1.54) is 32.0 Å². The summed E-state index contributed by atoms with van der Waals surface area (Å²) in [5.74, 6) is -1.48. The normalized spacial score (nSPS) is 16.5. The molecule has 0 radical (unpaired) electrons. The molecule has 5 rings (SSSR count). The van der Waals surface area contributed by atoms with E-state index in [-0.39, 0.29) is 22.7 Å². The van der Waals surface area contributed by atoms with Gasteiger partial charge in [-0.15, -0.1) is 0 Å². The van der Waals surface area contributed by atoms with Gasteiger partial charge in [0.05, 0.1) is 6.04 Å². The van der Waals surface area contributed by atoms with E-state index < -0.39 is 23.3 Å². The Morgan fingerprint density at radius 3 is 2.49 bits per heavy atom. The first-order valence-corrected chi connectivity index (χ1v) is 11.8. The number of aromatic amines is 1. The molecule has 3 aromatic carbocycles. The number of nitrogens with one attached hydrogen (secondary N) is 1. The number of hydrogen-bond acceptors (Lipinski definition) is 2. The van der Waals surface area contributed by atoms with E-state index in [9.17, 15) is 9.18 Å². The molecule has 1 aliphatic rings.